The minimum Gasteiger partial charge on any atom is -0.493 e. The highest BCUT2D eigenvalue weighted by Crippen LogP contribution is 2.41. The Kier molecular flexibility index (Phi) is 6.14. The van der Waals surface area contributed by atoms with Gasteiger partial charge in [0.2, 0.25) is 0 Å². The van der Waals surface area contributed by atoms with E-state index in [0.29, 0.717) is 43.8 Å². The maximum Gasteiger partial charge on any atom is 0.298 e. The summed E-state index contributed by atoms with van der Waals surface area (Å²) in [6.45, 7) is 2.37. The van der Waals surface area contributed by atoms with E-state index in [9.17, 15) is 9.59 Å². The van der Waals surface area contributed by atoms with Gasteiger partial charge in [-0.2, -0.15) is 0 Å². The summed E-state index contributed by atoms with van der Waals surface area (Å²) in [4.78, 5) is 26.5. The van der Waals surface area contributed by atoms with Gasteiger partial charge >= 0.3 is 0 Å². The predicted molar refractivity (Wildman–Crippen MR) is 112 cm³/mol. The quantitative estimate of drug-likeness (QED) is 0.523. The molecule has 0 radical (unpaired) electrons. The van der Waals surface area contributed by atoms with Crippen LogP contribution in [0.25, 0.3) is 6.08 Å². The molecule has 0 aromatic heterocycles. The molecule has 3 rings (SSSR count). The number of benzene rings is 2. The van der Waals surface area contributed by atoms with Crippen LogP contribution in [0, 0.1) is 0 Å². The van der Waals surface area contributed by atoms with Crippen LogP contribution >= 0.6 is 39.3 Å². The van der Waals surface area contributed by atoms with Gasteiger partial charge in [-0.25, -0.2) is 4.90 Å². The summed E-state index contributed by atoms with van der Waals surface area (Å²) in [7, 11) is 1.54. The zero-order valence-electron chi connectivity index (χ0n) is 14.5. The van der Waals surface area contributed by atoms with Gasteiger partial charge in [-0.3, -0.25) is 9.59 Å². The largest absolute Gasteiger partial charge is 0.493 e. The maximum absolute atomic E-state index is 12.8. The second-order valence-electron chi connectivity index (χ2n) is 5.44. The number of carbonyl (C=O) groups excluding carboxylic acids is 2. The van der Waals surface area contributed by atoms with Crippen molar-refractivity contribution in [2.45, 2.75) is 6.92 Å². The number of hydrogen-bond donors (Lipinski definition) is 0. The van der Waals surface area contributed by atoms with Gasteiger partial charge in [-0.05, 0) is 70.5 Å². The second-order valence-corrected chi connectivity index (χ2v) is 7.69. The topological polar surface area (TPSA) is 55.8 Å². The molecule has 27 heavy (non-hydrogen) atoms. The molecule has 0 N–H and O–H groups in total. The highest BCUT2D eigenvalue weighted by molar-refractivity contribution is 9.10. The molecule has 2 amide bonds. The van der Waals surface area contributed by atoms with Gasteiger partial charge in [0.25, 0.3) is 11.1 Å². The SMILES string of the molecule is CCOc1c(Br)cc(/C=C2\SC(=O)N(c3ccccc3Cl)C2=O)cc1OC. The van der Waals surface area contributed by atoms with E-state index in [-0.39, 0.29) is 0 Å². The van der Waals surface area contributed by atoms with E-state index in [4.69, 9.17) is 21.1 Å². The summed E-state index contributed by atoms with van der Waals surface area (Å²) in [5, 5.41) is -0.0529. The first kappa shape index (κ1) is 19.8. The van der Waals surface area contributed by atoms with Gasteiger partial charge in [0.15, 0.2) is 11.5 Å². The number of imide groups is 1. The molecule has 0 atom stereocenters. The number of nitrogens with zero attached hydrogens (tertiary/aromatic N) is 1. The summed E-state index contributed by atoms with van der Waals surface area (Å²) in [5.41, 5.74) is 1.07. The lowest BCUT2D eigenvalue weighted by Crippen LogP contribution is -2.27. The van der Waals surface area contributed by atoms with E-state index in [2.05, 4.69) is 15.9 Å². The van der Waals surface area contributed by atoms with Gasteiger partial charge in [0.1, 0.15) is 0 Å². The third-order valence-corrected chi connectivity index (χ3v) is 5.50. The van der Waals surface area contributed by atoms with E-state index in [1.807, 2.05) is 6.92 Å². The third-order valence-electron chi connectivity index (χ3n) is 3.73. The molecule has 1 aliphatic heterocycles. The highest BCUT2D eigenvalue weighted by atomic mass is 79.9. The average Bonchev–Trinajstić information content (AvgIpc) is 2.91. The minimum atomic E-state index is -0.415. The van der Waals surface area contributed by atoms with Crippen molar-refractivity contribution in [2.75, 3.05) is 18.6 Å². The van der Waals surface area contributed by atoms with Crippen LogP contribution < -0.4 is 14.4 Å². The van der Waals surface area contributed by atoms with Crippen molar-refractivity contribution in [3.8, 4) is 11.5 Å². The lowest BCUT2D eigenvalue weighted by molar-refractivity contribution is -0.113. The fraction of sp³-hybridized carbons (Fsp3) is 0.158. The Morgan fingerprint density at radius 2 is 2.00 bits per heavy atom. The van der Waals surface area contributed by atoms with Gasteiger partial charge < -0.3 is 9.47 Å². The average molecular weight is 469 g/mol. The van der Waals surface area contributed by atoms with Crippen molar-refractivity contribution in [1.29, 1.82) is 0 Å². The van der Waals surface area contributed by atoms with Crippen molar-refractivity contribution in [3.05, 3.63) is 56.4 Å². The number of thioether (sulfide) groups is 1. The monoisotopic (exact) mass is 467 g/mol. The zero-order chi connectivity index (χ0) is 19.6. The number of halogens is 2. The Bertz CT molecular complexity index is 947. The van der Waals surface area contributed by atoms with Crippen molar-refractivity contribution >= 4 is 62.2 Å². The van der Waals surface area contributed by atoms with Gasteiger partial charge in [-0.1, -0.05) is 23.7 Å². The maximum atomic E-state index is 12.8. The van der Waals surface area contributed by atoms with Crippen LogP contribution in [-0.2, 0) is 4.79 Å². The predicted octanol–water partition coefficient (Wildman–Crippen LogP) is 5.75. The van der Waals surface area contributed by atoms with Gasteiger partial charge in [-0.15, -0.1) is 0 Å². The number of anilines is 1. The van der Waals surface area contributed by atoms with Crippen LogP contribution in [0.1, 0.15) is 12.5 Å². The Morgan fingerprint density at radius 3 is 2.67 bits per heavy atom. The van der Waals surface area contributed by atoms with E-state index in [1.54, 1.807) is 49.6 Å². The molecule has 140 valence electrons. The smallest absolute Gasteiger partial charge is 0.298 e. The third kappa shape index (κ3) is 4.00. The number of amides is 2. The van der Waals surface area contributed by atoms with Crippen LogP contribution in [0.4, 0.5) is 10.5 Å². The first-order chi connectivity index (χ1) is 13.0. The molecule has 1 fully saturated rings. The molecule has 0 spiro atoms. The normalized spacial score (nSPS) is 15.6. The molecular weight excluding hydrogens is 454 g/mol. The van der Waals surface area contributed by atoms with E-state index >= 15 is 0 Å². The van der Waals surface area contributed by atoms with Crippen LogP contribution in [-0.4, -0.2) is 24.9 Å². The number of para-hydroxylation sites is 1. The summed E-state index contributed by atoms with van der Waals surface area (Å²) >= 11 is 10.5. The molecule has 0 saturated carbocycles. The number of rotatable bonds is 5. The van der Waals surface area contributed by atoms with Gasteiger partial charge in [0, 0.05) is 0 Å². The minimum absolute atomic E-state index is 0.304. The molecule has 1 saturated heterocycles. The van der Waals surface area contributed by atoms with E-state index < -0.39 is 11.1 Å². The van der Waals surface area contributed by atoms with Gasteiger partial charge in [0.05, 0.1) is 33.8 Å². The summed E-state index contributed by atoms with van der Waals surface area (Å²) in [6.07, 6.45) is 1.64. The van der Waals surface area contributed by atoms with Crippen molar-refractivity contribution in [3.63, 3.8) is 0 Å². The molecule has 0 bridgehead atoms. The Morgan fingerprint density at radius 1 is 1.26 bits per heavy atom. The molecule has 5 nitrogen and oxygen atoms in total. The molecule has 1 heterocycles. The highest BCUT2D eigenvalue weighted by Gasteiger charge is 2.37. The second kappa shape index (κ2) is 8.37. The number of ether oxygens (including phenoxy) is 2. The molecular formula is C19H15BrClNO4S. The summed E-state index contributed by atoms with van der Waals surface area (Å²) in [5.74, 6) is 0.700. The van der Waals surface area contributed by atoms with Crippen LogP contribution in [0.15, 0.2) is 45.8 Å². The Hall–Kier alpha value is -1.96. The van der Waals surface area contributed by atoms with Crippen molar-refractivity contribution in [1.82, 2.24) is 0 Å². The summed E-state index contributed by atoms with van der Waals surface area (Å²) < 4.78 is 11.6. The lowest BCUT2D eigenvalue weighted by atomic mass is 10.1. The number of carbonyl (C=O) groups is 2. The molecule has 0 aliphatic carbocycles. The van der Waals surface area contributed by atoms with Crippen LogP contribution in [0.2, 0.25) is 5.02 Å². The Balaban J connectivity index is 1.97. The van der Waals surface area contributed by atoms with Crippen molar-refractivity contribution in [2.24, 2.45) is 0 Å². The van der Waals surface area contributed by atoms with Crippen molar-refractivity contribution < 1.29 is 19.1 Å². The van der Waals surface area contributed by atoms with Crippen LogP contribution in [0.5, 0.6) is 11.5 Å². The molecule has 2 aromatic carbocycles. The molecule has 0 unspecified atom stereocenters. The summed E-state index contributed by atoms with van der Waals surface area (Å²) in [6, 6.07) is 10.3. The lowest BCUT2D eigenvalue weighted by Gasteiger charge is -2.14. The Labute approximate surface area is 174 Å². The van der Waals surface area contributed by atoms with Crippen LogP contribution in [0.3, 0.4) is 0 Å². The molecule has 8 heteroatoms. The number of hydrogen-bond acceptors (Lipinski definition) is 5. The van der Waals surface area contributed by atoms with E-state index in [1.165, 1.54) is 0 Å². The first-order valence-corrected chi connectivity index (χ1v) is 9.97. The first-order valence-electron chi connectivity index (χ1n) is 7.99. The molecule has 1 aliphatic rings. The fourth-order valence-electron chi connectivity index (χ4n) is 2.57. The zero-order valence-corrected chi connectivity index (χ0v) is 17.7. The molecule has 2 aromatic rings. The number of methoxy groups -OCH3 is 1. The van der Waals surface area contributed by atoms with E-state index in [0.717, 1.165) is 16.7 Å². The fourth-order valence-corrected chi connectivity index (χ4v) is 4.20. The standard InChI is InChI=1S/C19H15BrClNO4S/c1-3-26-17-12(20)8-11(9-15(17)25-2)10-16-18(23)22(19(24)27-16)14-7-5-4-6-13(14)21/h4-10H,3H2,1-2H3/b16-10-.